The highest BCUT2D eigenvalue weighted by atomic mass is 16.4. The lowest BCUT2D eigenvalue weighted by Gasteiger charge is -2.08. The summed E-state index contributed by atoms with van der Waals surface area (Å²) in [6.45, 7) is 3.06. The van der Waals surface area contributed by atoms with Crippen LogP contribution in [0.3, 0.4) is 0 Å². The van der Waals surface area contributed by atoms with Crippen LogP contribution in [-0.2, 0) is 13.1 Å². The largest absolute Gasteiger partial charge is 0.409 e. The molecule has 0 radical (unpaired) electrons. The van der Waals surface area contributed by atoms with Crippen LogP contribution in [0.25, 0.3) is 0 Å². The second-order valence-electron chi connectivity index (χ2n) is 4.24. The Balaban J connectivity index is 2.35. The minimum Gasteiger partial charge on any atom is -0.409 e. The van der Waals surface area contributed by atoms with Gasteiger partial charge >= 0.3 is 0 Å². The zero-order valence-corrected chi connectivity index (χ0v) is 11.1. The number of oxime groups is 1. The SMILES string of the molecule is CCCn1ncnc1Cn1cccc(/C(N)=N/O)c1=O. The second-order valence-corrected chi connectivity index (χ2v) is 4.24. The van der Waals surface area contributed by atoms with Crippen LogP contribution in [0.1, 0.15) is 24.7 Å². The molecule has 0 fully saturated rings. The van der Waals surface area contributed by atoms with E-state index < -0.39 is 0 Å². The van der Waals surface area contributed by atoms with Gasteiger partial charge in [0.25, 0.3) is 5.56 Å². The molecule has 8 nitrogen and oxygen atoms in total. The monoisotopic (exact) mass is 276 g/mol. The molecular formula is C12H16N6O2. The van der Waals surface area contributed by atoms with E-state index in [0.29, 0.717) is 5.82 Å². The molecule has 0 aliphatic carbocycles. The van der Waals surface area contributed by atoms with E-state index in [9.17, 15) is 4.79 Å². The van der Waals surface area contributed by atoms with Crippen molar-refractivity contribution in [2.45, 2.75) is 26.4 Å². The predicted octanol–water partition coefficient (Wildman–Crippen LogP) is -0.00740. The van der Waals surface area contributed by atoms with Crippen molar-refractivity contribution in [3.05, 3.63) is 46.4 Å². The molecule has 2 heterocycles. The van der Waals surface area contributed by atoms with Gasteiger partial charge in [0.2, 0.25) is 0 Å². The van der Waals surface area contributed by atoms with Crippen molar-refractivity contribution in [3.63, 3.8) is 0 Å². The van der Waals surface area contributed by atoms with Crippen molar-refractivity contribution in [2.75, 3.05) is 0 Å². The number of nitrogens with zero attached hydrogens (tertiary/aromatic N) is 5. The third-order valence-corrected chi connectivity index (χ3v) is 2.85. The van der Waals surface area contributed by atoms with Crippen LogP contribution in [0, 0.1) is 0 Å². The number of nitrogens with two attached hydrogens (primary N) is 1. The van der Waals surface area contributed by atoms with Crippen LogP contribution < -0.4 is 11.3 Å². The minimum atomic E-state index is -0.339. The van der Waals surface area contributed by atoms with E-state index in [2.05, 4.69) is 15.2 Å². The van der Waals surface area contributed by atoms with E-state index in [1.807, 2.05) is 6.92 Å². The van der Waals surface area contributed by atoms with Gasteiger partial charge in [-0.3, -0.25) is 4.79 Å². The quantitative estimate of drug-likeness (QED) is 0.345. The molecule has 0 aromatic carbocycles. The molecule has 2 aromatic rings. The summed E-state index contributed by atoms with van der Waals surface area (Å²) in [5.74, 6) is 0.477. The normalized spacial score (nSPS) is 11.8. The lowest BCUT2D eigenvalue weighted by molar-refractivity contribution is 0.318. The molecule has 0 amide bonds. The zero-order valence-electron chi connectivity index (χ0n) is 11.1. The van der Waals surface area contributed by atoms with Crippen molar-refractivity contribution < 1.29 is 5.21 Å². The van der Waals surface area contributed by atoms with Crippen LogP contribution in [0.4, 0.5) is 0 Å². The van der Waals surface area contributed by atoms with Gasteiger partial charge in [-0.25, -0.2) is 9.67 Å². The molecule has 0 aliphatic rings. The van der Waals surface area contributed by atoms with Gasteiger partial charge in [0.1, 0.15) is 12.2 Å². The highest BCUT2D eigenvalue weighted by molar-refractivity contribution is 5.96. The molecule has 0 saturated heterocycles. The first-order valence-corrected chi connectivity index (χ1v) is 6.21. The van der Waals surface area contributed by atoms with Crippen LogP contribution >= 0.6 is 0 Å². The zero-order chi connectivity index (χ0) is 14.5. The summed E-state index contributed by atoms with van der Waals surface area (Å²) in [6, 6.07) is 3.17. The summed E-state index contributed by atoms with van der Waals surface area (Å²) in [5, 5.41) is 15.6. The molecular weight excluding hydrogens is 260 g/mol. The summed E-state index contributed by atoms with van der Waals surface area (Å²) in [4.78, 5) is 16.3. The molecule has 2 rings (SSSR count). The third-order valence-electron chi connectivity index (χ3n) is 2.85. The highest BCUT2D eigenvalue weighted by Gasteiger charge is 2.10. The van der Waals surface area contributed by atoms with E-state index in [0.717, 1.165) is 13.0 Å². The topological polar surface area (TPSA) is 111 Å². The molecule has 0 atom stereocenters. The van der Waals surface area contributed by atoms with E-state index in [4.69, 9.17) is 10.9 Å². The molecule has 20 heavy (non-hydrogen) atoms. The van der Waals surface area contributed by atoms with Crippen molar-refractivity contribution in [3.8, 4) is 0 Å². The van der Waals surface area contributed by atoms with Crippen molar-refractivity contribution in [1.29, 1.82) is 0 Å². The molecule has 0 bridgehead atoms. The van der Waals surface area contributed by atoms with Crippen LogP contribution in [0.15, 0.2) is 34.6 Å². The smallest absolute Gasteiger partial charge is 0.262 e. The molecule has 2 aromatic heterocycles. The summed E-state index contributed by atoms with van der Waals surface area (Å²) < 4.78 is 3.20. The van der Waals surface area contributed by atoms with Crippen molar-refractivity contribution >= 4 is 5.84 Å². The number of pyridine rings is 1. The third kappa shape index (κ3) is 2.68. The van der Waals surface area contributed by atoms with Crippen molar-refractivity contribution in [2.24, 2.45) is 10.9 Å². The van der Waals surface area contributed by atoms with E-state index >= 15 is 0 Å². The van der Waals surface area contributed by atoms with Crippen LogP contribution in [0.5, 0.6) is 0 Å². The Bertz CT molecular complexity index is 673. The number of aryl methyl sites for hydroxylation is 1. The first kappa shape index (κ1) is 13.8. The maximum atomic E-state index is 12.2. The minimum absolute atomic E-state index is 0.150. The first-order chi connectivity index (χ1) is 9.67. The van der Waals surface area contributed by atoms with Gasteiger partial charge in [-0.15, -0.1) is 0 Å². The molecule has 106 valence electrons. The van der Waals surface area contributed by atoms with E-state index in [1.165, 1.54) is 17.0 Å². The van der Waals surface area contributed by atoms with Gasteiger partial charge in [0.15, 0.2) is 5.84 Å². The Morgan fingerprint density at radius 1 is 1.55 bits per heavy atom. The fraction of sp³-hybridized carbons (Fsp3) is 0.333. The van der Waals surface area contributed by atoms with E-state index in [1.54, 1.807) is 16.9 Å². The van der Waals surface area contributed by atoms with Gasteiger partial charge < -0.3 is 15.5 Å². The van der Waals surface area contributed by atoms with Crippen LogP contribution in [-0.4, -0.2) is 30.4 Å². The maximum absolute atomic E-state index is 12.2. The van der Waals surface area contributed by atoms with Gasteiger partial charge in [-0.2, -0.15) is 5.10 Å². The predicted molar refractivity (Wildman–Crippen MR) is 72.6 cm³/mol. The Hall–Kier alpha value is -2.64. The lowest BCUT2D eigenvalue weighted by atomic mass is 10.2. The van der Waals surface area contributed by atoms with Gasteiger partial charge in [0, 0.05) is 12.7 Å². The molecule has 0 saturated carbocycles. The van der Waals surface area contributed by atoms with Crippen molar-refractivity contribution in [1.82, 2.24) is 19.3 Å². The fourth-order valence-electron chi connectivity index (χ4n) is 1.87. The number of hydrogen-bond acceptors (Lipinski definition) is 5. The Kier molecular flexibility index (Phi) is 4.14. The van der Waals surface area contributed by atoms with Gasteiger partial charge in [0.05, 0.1) is 12.1 Å². The number of aromatic nitrogens is 4. The average Bonchev–Trinajstić information content (AvgIpc) is 2.88. The Labute approximate surface area is 115 Å². The molecule has 3 N–H and O–H groups in total. The van der Waals surface area contributed by atoms with Gasteiger partial charge in [-0.05, 0) is 18.6 Å². The first-order valence-electron chi connectivity index (χ1n) is 6.21. The molecule has 8 heteroatoms. The molecule has 0 spiro atoms. The maximum Gasteiger partial charge on any atom is 0.262 e. The standard InChI is InChI=1S/C12H16N6O2/c1-2-5-18-10(14-8-15-18)7-17-6-3-4-9(12(17)19)11(13)16-20/h3-4,6,8,20H,2,5,7H2,1H3,(H2,13,16). The second kappa shape index (κ2) is 6.00. The number of amidine groups is 1. The fourth-order valence-corrected chi connectivity index (χ4v) is 1.87. The lowest BCUT2D eigenvalue weighted by Crippen LogP contribution is -2.30. The average molecular weight is 276 g/mol. The Morgan fingerprint density at radius 2 is 2.35 bits per heavy atom. The Morgan fingerprint density at radius 3 is 3.05 bits per heavy atom. The molecule has 0 unspecified atom stereocenters. The van der Waals surface area contributed by atoms with Crippen LogP contribution in [0.2, 0.25) is 0 Å². The summed E-state index contributed by atoms with van der Waals surface area (Å²) >= 11 is 0. The summed E-state index contributed by atoms with van der Waals surface area (Å²) in [7, 11) is 0. The molecule has 0 aliphatic heterocycles. The summed E-state index contributed by atoms with van der Waals surface area (Å²) in [5.41, 5.74) is 5.28. The van der Waals surface area contributed by atoms with E-state index in [-0.39, 0.29) is 23.5 Å². The summed E-state index contributed by atoms with van der Waals surface area (Å²) in [6.07, 6.45) is 4.01. The number of rotatable bonds is 5. The highest BCUT2D eigenvalue weighted by Crippen LogP contribution is 2.00. The van der Waals surface area contributed by atoms with Gasteiger partial charge in [-0.1, -0.05) is 12.1 Å². The number of hydrogen-bond donors (Lipinski definition) is 2.